The zero-order valence-corrected chi connectivity index (χ0v) is 32.4. The molecule has 0 bridgehead atoms. The number of hydrogen-bond acceptors (Lipinski definition) is 4. The molecule has 0 amide bonds. The number of aryl methyl sites for hydroxylation is 1. The molecule has 0 saturated heterocycles. The lowest BCUT2D eigenvalue weighted by atomic mass is 9.92. The molecule has 0 saturated carbocycles. The SMILES string of the molecule is CCc1nc2c3c(-c4ccc(-c5c(-c6ccccc6)nc(-c6cccc7ccccc67)nc5-c5ccccc5)cc4)nc4ccccc4c3ccc2n1-c1ccccc1. The first-order chi connectivity index (χ1) is 29.2. The van der Waals surface area contributed by atoms with Gasteiger partial charge < -0.3 is 0 Å². The molecule has 0 unspecified atom stereocenters. The molecule has 11 aromatic rings. The predicted molar refractivity (Wildman–Crippen MR) is 244 cm³/mol. The minimum atomic E-state index is 0.692. The maximum atomic E-state index is 5.43. The number of hydrogen-bond donors (Lipinski definition) is 0. The highest BCUT2D eigenvalue weighted by Gasteiger charge is 2.23. The van der Waals surface area contributed by atoms with E-state index in [1.54, 1.807) is 0 Å². The van der Waals surface area contributed by atoms with E-state index in [2.05, 4.69) is 193 Å². The van der Waals surface area contributed by atoms with Gasteiger partial charge in [-0.15, -0.1) is 0 Å². The second kappa shape index (κ2) is 14.3. The van der Waals surface area contributed by atoms with Gasteiger partial charge in [0, 0.05) is 50.7 Å². The van der Waals surface area contributed by atoms with Crippen LogP contribution in [0.4, 0.5) is 0 Å². The Bertz CT molecular complexity index is 3270. The molecule has 0 radical (unpaired) electrons. The maximum Gasteiger partial charge on any atom is 0.161 e. The summed E-state index contributed by atoms with van der Waals surface area (Å²) in [5.74, 6) is 1.71. The molecule has 11 rings (SSSR count). The first-order valence-electron chi connectivity index (χ1n) is 20.1. The average Bonchev–Trinajstić information content (AvgIpc) is 3.71. The van der Waals surface area contributed by atoms with Gasteiger partial charge in [0.05, 0.1) is 33.6 Å². The van der Waals surface area contributed by atoms with Gasteiger partial charge in [0.15, 0.2) is 5.82 Å². The zero-order chi connectivity index (χ0) is 39.3. The quantitative estimate of drug-likeness (QED) is 0.152. The predicted octanol–water partition coefficient (Wildman–Crippen LogP) is 13.6. The summed E-state index contributed by atoms with van der Waals surface area (Å²) in [5, 5.41) is 5.57. The van der Waals surface area contributed by atoms with Gasteiger partial charge in [-0.2, -0.15) is 0 Å². The lowest BCUT2D eigenvalue weighted by Gasteiger charge is -2.18. The van der Waals surface area contributed by atoms with Gasteiger partial charge in [0.1, 0.15) is 5.82 Å². The molecule has 0 aliphatic rings. The molecule has 3 heterocycles. The third-order valence-electron chi connectivity index (χ3n) is 11.4. The van der Waals surface area contributed by atoms with E-state index in [9.17, 15) is 0 Å². The summed E-state index contributed by atoms with van der Waals surface area (Å²) in [6, 6.07) is 67.9. The lowest BCUT2D eigenvalue weighted by Crippen LogP contribution is -2.01. The van der Waals surface area contributed by atoms with Gasteiger partial charge in [0.2, 0.25) is 0 Å². The summed E-state index contributed by atoms with van der Waals surface area (Å²) in [6.45, 7) is 2.17. The van der Waals surface area contributed by atoms with Crippen molar-refractivity contribution in [3.05, 3.63) is 200 Å². The highest BCUT2D eigenvalue weighted by Crippen LogP contribution is 2.43. The fourth-order valence-corrected chi connectivity index (χ4v) is 8.62. The fourth-order valence-electron chi connectivity index (χ4n) is 8.62. The number of nitrogens with zero attached hydrogens (tertiary/aromatic N) is 5. The second-order valence-electron chi connectivity index (χ2n) is 14.8. The van der Waals surface area contributed by atoms with Crippen LogP contribution >= 0.6 is 0 Å². The minimum absolute atomic E-state index is 0.692. The topological polar surface area (TPSA) is 56.5 Å². The van der Waals surface area contributed by atoms with Gasteiger partial charge in [-0.25, -0.2) is 19.9 Å². The van der Waals surface area contributed by atoms with Crippen molar-refractivity contribution in [2.75, 3.05) is 0 Å². The molecule has 0 spiro atoms. The summed E-state index contributed by atoms with van der Waals surface area (Å²) in [4.78, 5) is 21.6. The zero-order valence-electron chi connectivity index (χ0n) is 32.4. The van der Waals surface area contributed by atoms with E-state index in [4.69, 9.17) is 19.9 Å². The van der Waals surface area contributed by atoms with Crippen molar-refractivity contribution in [1.82, 2.24) is 24.5 Å². The molecule has 0 fully saturated rings. The minimum Gasteiger partial charge on any atom is -0.296 e. The van der Waals surface area contributed by atoms with Crippen molar-refractivity contribution in [3.63, 3.8) is 0 Å². The van der Waals surface area contributed by atoms with Crippen molar-refractivity contribution in [3.8, 4) is 62.0 Å². The molecule has 0 N–H and O–H groups in total. The summed E-state index contributed by atoms with van der Waals surface area (Å²) >= 11 is 0. The number of aromatic nitrogens is 5. The van der Waals surface area contributed by atoms with Crippen molar-refractivity contribution in [2.24, 2.45) is 0 Å². The normalized spacial score (nSPS) is 11.5. The Hall–Kier alpha value is -7.76. The van der Waals surface area contributed by atoms with Crippen LogP contribution in [0.2, 0.25) is 0 Å². The first kappa shape index (κ1) is 34.5. The molecule has 59 heavy (non-hydrogen) atoms. The number of para-hydroxylation sites is 2. The van der Waals surface area contributed by atoms with Crippen LogP contribution < -0.4 is 0 Å². The molecule has 0 aliphatic heterocycles. The van der Waals surface area contributed by atoms with E-state index in [1.807, 2.05) is 12.1 Å². The van der Waals surface area contributed by atoms with Gasteiger partial charge in [-0.05, 0) is 46.0 Å². The molecule has 5 heteroatoms. The number of fused-ring (bicyclic) bond motifs is 6. The maximum absolute atomic E-state index is 5.43. The molecule has 0 atom stereocenters. The Balaban J connectivity index is 1.15. The Kier molecular flexibility index (Phi) is 8.37. The van der Waals surface area contributed by atoms with Gasteiger partial charge in [-0.1, -0.05) is 177 Å². The van der Waals surface area contributed by atoms with Crippen molar-refractivity contribution in [2.45, 2.75) is 13.3 Å². The van der Waals surface area contributed by atoms with Gasteiger partial charge >= 0.3 is 0 Å². The third kappa shape index (κ3) is 5.86. The first-order valence-corrected chi connectivity index (χ1v) is 20.1. The lowest BCUT2D eigenvalue weighted by molar-refractivity contribution is 0.908. The summed E-state index contributed by atoms with van der Waals surface area (Å²) in [7, 11) is 0. The molecule has 3 aromatic heterocycles. The van der Waals surface area contributed by atoms with Crippen LogP contribution in [-0.4, -0.2) is 24.5 Å². The van der Waals surface area contributed by atoms with E-state index in [0.717, 1.165) is 112 Å². The Morgan fingerprint density at radius 3 is 1.69 bits per heavy atom. The number of benzene rings is 8. The van der Waals surface area contributed by atoms with Crippen LogP contribution in [0.25, 0.3) is 105 Å². The van der Waals surface area contributed by atoms with E-state index >= 15 is 0 Å². The molecular weight excluding hydrogens is 719 g/mol. The summed E-state index contributed by atoms with van der Waals surface area (Å²) < 4.78 is 2.29. The van der Waals surface area contributed by atoms with Crippen molar-refractivity contribution in [1.29, 1.82) is 0 Å². The van der Waals surface area contributed by atoms with Crippen LogP contribution in [0.3, 0.4) is 0 Å². The summed E-state index contributed by atoms with van der Waals surface area (Å²) in [6.07, 6.45) is 0.797. The van der Waals surface area contributed by atoms with Gasteiger partial charge in [0.25, 0.3) is 0 Å². The smallest absolute Gasteiger partial charge is 0.161 e. The Labute approximate surface area is 342 Å². The van der Waals surface area contributed by atoms with Crippen LogP contribution in [0.1, 0.15) is 12.7 Å². The highest BCUT2D eigenvalue weighted by atomic mass is 15.1. The van der Waals surface area contributed by atoms with Crippen LogP contribution in [0.15, 0.2) is 194 Å². The number of imidazole rings is 1. The van der Waals surface area contributed by atoms with Crippen LogP contribution in [0, 0.1) is 0 Å². The fraction of sp³-hybridized carbons (Fsp3) is 0.0370. The molecule has 278 valence electrons. The largest absolute Gasteiger partial charge is 0.296 e. The van der Waals surface area contributed by atoms with Crippen LogP contribution in [-0.2, 0) is 6.42 Å². The second-order valence-corrected chi connectivity index (χ2v) is 14.8. The average molecular weight is 756 g/mol. The monoisotopic (exact) mass is 755 g/mol. The standard InChI is InChI=1S/C54H37N5/c1-2-47-56-53-46(59(47)40-23-10-5-11-24-40)34-33-43-42-26-14-15-28-45(42)55-52(49(43)53)39-31-29-36(30-32-39)48-50(37-18-6-3-7-19-37)57-54(58-51(48)38-20-8-4-9-21-38)44-27-16-22-35-17-12-13-25-41(35)44/h3-34H,2H2,1H3. The molecule has 0 aliphatic carbocycles. The number of pyridine rings is 1. The van der Waals surface area contributed by atoms with E-state index in [0.29, 0.717) is 5.82 Å². The molecule has 5 nitrogen and oxygen atoms in total. The van der Waals surface area contributed by atoms with Crippen molar-refractivity contribution >= 4 is 43.5 Å². The highest BCUT2D eigenvalue weighted by molar-refractivity contribution is 6.20. The Morgan fingerprint density at radius 1 is 0.424 bits per heavy atom. The van der Waals surface area contributed by atoms with E-state index < -0.39 is 0 Å². The Morgan fingerprint density at radius 2 is 1.00 bits per heavy atom. The summed E-state index contributed by atoms with van der Waals surface area (Å²) in [5.41, 5.74) is 12.8. The van der Waals surface area contributed by atoms with Crippen molar-refractivity contribution < 1.29 is 0 Å². The molecular formula is C54H37N5. The van der Waals surface area contributed by atoms with Crippen LogP contribution in [0.5, 0.6) is 0 Å². The van der Waals surface area contributed by atoms with E-state index in [1.165, 1.54) is 0 Å². The third-order valence-corrected chi connectivity index (χ3v) is 11.4. The molecule has 8 aromatic carbocycles. The van der Waals surface area contributed by atoms with Gasteiger partial charge in [-0.3, -0.25) is 4.57 Å². The number of rotatable bonds is 7. The van der Waals surface area contributed by atoms with E-state index in [-0.39, 0.29) is 0 Å².